The predicted octanol–water partition coefficient (Wildman–Crippen LogP) is 7.06. The summed E-state index contributed by atoms with van der Waals surface area (Å²) in [6.07, 6.45) is 3.31. The zero-order valence-corrected chi connectivity index (χ0v) is 20.4. The maximum atomic E-state index is 13.6. The molecule has 0 saturated carbocycles. The molecule has 0 atom stereocenters. The zero-order valence-electron chi connectivity index (χ0n) is 19.6. The van der Waals surface area contributed by atoms with Gasteiger partial charge in [0.1, 0.15) is 17.9 Å². The van der Waals surface area contributed by atoms with Crippen molar-refractivity contribution in [2.75, 3.05) is 6.61 Å². The van der Waals surface area contributed by atoms with E-state index in [0.29, 0.717) is 39.6 Å². The van der Waals surface area contributed by atoms with Gasteiger partial charge < -0.3 is 9.15 Å². The lowest BCUT2D eigenvalue weighted by Gasteiger charge is -2.11. The van der Waals surface area contributed by atoms with E-state index in [9.17, 15) is 4.79 Å². The first-order valence-corrected chi connectivity index (χ1v) is 12.0. The van der Waals surface area contributed by atoms with Crippen molar-refractivity contribution in [1.82, 2.24) is 9.66 Å². The smallest absolute Gasteiger partial charge is 0.282 e. The fraction of sp³-hybridized carbons (Fsp3) is 0.0333. The van der Waals surface area contributed by atoms with Gasteiger partial charge in [-0.3, -0.25) is 4.79 Å². The molecule has 6 nitrogen and oxygen atoms in total. The van der Waals surface area contributed by atoms with Gasteiger partial charge in [-0.05, 0) is 53.2 Å². The average molecular weight is 506 g/mol. The first-order valence-electron chi connectivity index (χ1n) is 11.6. The molecule has 0 saturated heterocycles. The number of nitrogens with zero attached hydrogens (tertiary/aromatic N) is 3. The Bertz CT molecular complexity index is 1900. The van der Waals surface area contributed by atoms with E-state index >= 15 is 0 Å². The van der Waals surface area contributed by atoms with E-state index in [0.717, 1.165) is 21.7 Å². The second-order valence-corrected chi connectivity index (χ2v) is 8.84. The van der Waals surface area contributed by atoms with Crippen LogP contribution in [-0.4, -0.2) is 22.5 Å². The van der Waals surface area contributed by atoms with E-state index in [1.54, 1.807) is 54.8 Å². The van der Waals surface area contributed by atoms with Crippen LogP contribution in [0.15, 0.2) is 112 Å². The highest BCUT2D eigenvalue weighted by Gasteiger charge is 2.17. The largest absolute Gasteiger partial charge is 0.489 e. The topological polar surface area (TPSA) is 69.6 Å². The predicted molar refractivity (Wildman–Crippen MR) is 149 cm³/mol. The fourth-order valence-corrected chi connectivity index (χ4v) is 4.49. The Hall–Kier alpha value is -4.68. The van der Waals surface area contributed by atoms with Crippen LogP contribution in [0.5, 0.6) is 5.75 Å². The highest BCUT2D eigenvalue weighted by molar-refractivity contribution is 6.31. The van der Waals surface area contributed by atoms with Crippen molar-refractivity contribution in [3.05, 3.63) is 119 Å². The monoisotopic (exact) mass is 505 g/mol. The number of benzene rings is 4. The number of halogens is 1. The Morgan fingerprint density at radius 1 is 0.973 bits per heavy atom. The number of hydrogen-bond donors (Lipinski definition) is 0. The van der Waals surface area contributed by atoms with Crippen LogP contribution >= 0.6 is 11.6 Å². The quantitative estimate of drug-likeness (QED) is 0.179. The molecule has 7 heteroatoms. The Morgan fingerprint density at radius 2 is 1.78 bits per heavy atom. The summed E-state index contributed by atoms with van der Waals surface area (Å²) in [5, 5.41) is 8.43. The van der Waals surface area contributed by atoms with Crippen molar-refractivity contribution in [2.45, 2.75) is 0 Å². The van der Waals surface area contributed by atoms with E-state index in [2.05, 4.69) is 11.7 Å². The van der Waals surface area contributed by atoms with Crippen LogP contribution in [0.1, 0.15) is 5.56 Å². The lowest BCUT2D eigenvalue weighted by molar-refractivity contribution is 0.363. The molecule has 2 heterocycles. The van der Waals surface area contributed by atoms with Crippen LogP contribution in [0.3, 0.4) is 0 Å². The molecule has 0 aliphatic carbocycles. The number of para-hydroxylation sites is 1. The van der Waals surface area contributed by atoms with Crippen LogP contribution in [0.2, 0.25) is 5.02 Å². The Morgan fingerprint density at radius 3 is 2.65 bits per heavy atom. The molecule has 0 radical (unpaired) electrons. The third-order valence-electron chi connectivity index (χ3n) is 6.04. The number of hydrogen-bond acceptors (Lipinski definition) is 5. The summed E-state index contributed by atoms with van der Waals surface area (Å²) < 4.78 is 13.2. The van der Waals surface area contributed by atoms with Crippen molar-refractivity contribution in [3.8, 4) is 17.3 Å². The lowest BCUT2D eigenvalue weighted by Crippen LogP contribution is -2.20. The fourth-order valence-electron chi connectivity index (χ4n) is 4.31. The summed E-state index contributed by atoms with van der Waals surface area (Å²) in [4.78, 5) is 18.4. The summed E-state index contributed by atoms with van der Waals surface area (Å²) in [5.74, 6) is 1.31. The molecule has 37 heavy (non-hydrogen) atoms. The van der Waals surface area contributed by atoms with Gasteiger partial charge in [0, 0.05) is 16.0 Å². The number of ether oxygens (including phenoxy) is 1. The van der Waals surface area contributed by atoms with Crippen LogP contribution in [0.25, 0.3) is 44.2 Å². The van der Waals surface area contributed by atoms with Gasteiger partial charge in [0.15, 0.2) is 5.76 Å². The standard InChI is InChI=1S/C30H20ClN3O3/c1-2-15-36-27-13-11-19-7-3-4-8-22(19)24(27)18-32-34-29(33-25-10-6-5-9-23(25)30(34)35)28-17-20-16-21(31)12-14-26(20)37-28/h2-14,16-18H,1,15H2. The minimum Gasteiger partial charge on any atom is -0.489 e. The molecular formula is C30H20ClN3O3. The summed E-state index contributed by atoms with van der Waals surface area (Å²) >= 11 is 6.17. The maximum absolute atomic E-state index is 13.6. The summed E-state index contributed by atoms with van der Waals surface area (Å²) in [5.41, 5.74) is 1.60. The third-order valence-corrected chi connectivity index (χ3v) is 6.28. The molecule has 0 spiro atoms. The van der Waals surface area contributed by atoms with Crippen molar-refractivity contribution >= 4 is 50.5 Å². The molecule has 4 aromatic carbocycles. The molecule has 0 bridgehead atoms. The van der Waals surface area contributed by atoms with Gasteiger partial charge in [0.2, 0.25) is 5.82 Å². The van der Waals surface area contributed by atoms with Crippen LogP contribution in [-0.2, 0) is 0 Å². The first-order chi connectivity index (χ1) is 18.1. The summed E-state index contributed by atoms with van der Waals surface area (Å²) in [7, 11) is 0. The summed E-state index contributed by atoms with van der Waals surface area (Å²) in [6, 6.07) is 26.1. The van der Waals surface area contributed by atoms with Crippen LogP contribution < -0.4 is 10.3 Å². The molecule has 6 rings (SSSR count). The molecular weight excluding hydrogens is 486 g/mol. The molecule has 0 aliphatic rings. The van der Waals surface area contributed by atoms with E-state index in [4.69, 9.17) is 25.7 Å². The Labute approximate surface area is 216 Å². The Kier molecular flexibility index (Phi) is 5.79. The molecule has 6 aromatic rings. The molecule has 0 fully saturated rings. The number of fused-ring (bicyclic) bond motifs is 3. The van der Waals surface area contributed by atoms with Gasteiger partial charge in [0.25, 0.3) is 5.56 Å². The van der Waals surface area contributed by atoms with Gasteiger partial charge in [-0.1, -0.05) is 66.7 Å². The lowest BCUT2D eigenvalue weighted by atomic mass is 10.0. The second-order valence-electron chi connectivity index (χ2n) is 8.41. The van der Waals surface area contributed by atoms with E-state index in [1.165, 1.54) is 4.68 Å². The molecule has 0 N–H and O–H groups in total. The maximum Gasteiger partial charge on any atom is 0.282 e. The highest BCUT2D eigenvalue weighted by atomic mass is 35.5. The van der Waals surface area contributed by atoms with Crippen LogP contribution in [0.4, 0.5) is 0 Å². The molecule has 0 aliphatic heterocycles. The van der Waals surface area contributed by atoms with Crippen molar-refractivity contribution < 1.29 is 9.15 Å². The molecule has 180 valence electrons. The summed E-state index contributed by atoms with van der Waals surface area (Å²) in [6.45, 7) is 4.08. The van der Waals surface area contributed by atoms with Gasteiger partial charge >= 0.3 is 0 Å². The molecule has 2 aromatic heterocycles. The van der Waals surface area contributed by atoms with Gasteiger partial charge in [-0.2, -0.15) is 9.78 Å². The molecule has 0 unspecified atom stereocenters. The Balaban J connectivity index is 1.58. The van der Waals surface area contributed by atoms with Crippen molar-refractivity contribution in [1.29, 1.82) is 0 Å². The van der Waals surface area contributed by atoms with E-state index in [-0.39, 0.29) is 11.4 Å². The minimum atomic E-state index is -0.316. The number of furan rings is 1. The van der Waals surface area contributed by atoms with Crippen LogP contribution in [0, 0.1) is 0 Å². The van der Waals surface area contributed by atoms with E-state index < -0.39 is 0 Å². The van der Waals surface area contributed by atoms with Crippen molar-refractivity contribution in [3.63, 3.8) is 0 Å². The minimum absolute atomic E-state index is 0.279. The third kappa shape index (κ3) is 4.17. The van der Waals surface area contributed by atoms with Gasteiger partial charge in [0.05, 0.1) is 17.1 Å². The highest BCUT2D eigenvalue weighted by Crippen LogP contribution is 2.30. The van der Waals surface area contributed by atoms with Gasteiger partial charge in [-0.25, -0.2) is 4.98 Å². The first kappa shape index (κ1) is 22.8. The zero-order chi connectivity index (χ0) is 25.4. The number of aromatic nitrogens is 2. The average Bonchev–Trinajstić information content (AvgIpc) is 3.34. The normalized spacial score (nSPS) is 11.6. The SMILES string of the molecule is C=CCOc1ccc2ccccc2c1C=Nn1c(-c2cc3cc(Cl)ccc3o2)nc2ccccc2c1=O. The van der Waals surface area contributed by atoms with E-state index in [1.807, 2.05) is 42.5 Å². The second kappa shape index (κ2) is 9.41. The van der Waals surface area contributed by atoms with Crippen molar-refractivity contribution in [2.24, 2.45) is 5.10 Å². The van der Waals surface area contributed by atoms with Gasteiger partial charge in [-0.15, -0.1) is 0 Å². The molecule has 0 amide bonds. The number of rotatable bonds is 6.